The third-order valence-corrected chi connectivity index (χ3v) is 5.02. The number of hydrogen-bond donors (Lipinski definition) is 2. The fourth-order valence-electron chi connectivity index (χ4n) is 3.71. The molecular formula is C22H23N3O3. The number of nitrogens with one attached hydrogen (secondary N) is 2. The Morgan fingerprint density at radius 1 is 1.18 bits per heavy atom. The Morgan fingerprint density at radius 3 is 2.89 bits per heavy atom. The summed E-state index contributed by atoms with van der Waals surface area (Å²) in [6, 6.07) is 14.9. The quantitative estimate of drug-likeness (QED) is 0.668. The molecule has 28 heavy (non-hydrogen) atoms. The van der Waals surface area contributed by atoms with E-state index in [4.69, 9.17) is 4.74 Å². The molecule has 2 N–H and O–H groups in total. The molecule has 0 unspecified atom stereocenters. The molecule has 3 aromatic rings. The molecule has 0 saturated heterocycles. The van der Waals surface area contributed by atoms with Crippen LogP contribution in [-0.4, -0.2) is 35.0 Å². The third kappa shape index (κ3) is 3.58. The number of hydrogen-bond acceptors (Lipinski definition) is 3. The van der Waals surface area contributed by atoms with Crippen LogP contribution in [0.1, 0.15) is 35.0 Å². The number of amides is 2. The van der Waals surface area contributed by atoms with E-state index in [2.05, 4.69) is 22.4 Å². The van der Waals surface area contributed by atoms with Crippen molar-refractivity contribution in [3.63, 3.8) is 0 Å². The summed E-state index contributed by atoms with van der Waals surface area (Å²) >= 11 is 0. The number of aryl methyl sites for hydroxylation is 1. The Hall–Kier alpha value is -3.28. The van der Waals surface area contributed by atoms with E-state index < -0.39 is 5.97 Å². The number of ether oxygens (including phenoxy) is 1. The molecule has 144 valence electrons. The second kappa shape index (κ2) is 7.76. The monoisotopic (exact) mass is 377 g/mol. The number of carbonyl (C=O) groups is 2. The van der Waals surface area contributed by atoms with E-state index in [0.717, 1.165) is 24.1 Å². The molecule has 0 bridgehead atoms. The van der Waals surface area contributed by atoms with Gasteiger partial charge in [-0.15, -0.1) is 0 Å². The lowest BCUT2D eigenvalue weighted by Gasteiger charge is -2.21. The van der Waals surface area contributed by atoms with E-state index in [0.29, 0.717) is 30.9 Å². The summed E-state index contributed by atoms with van der Waals surface area (Å²) in [5.41, 5.74) is 4.51. The van der Waals surface area contributed by atoms with E-state index in [9.17, 15) is 9.59 Å². The third-order valence-electron chi connectivity index (χ3n) is 5.02. The van der Waals surface area contributed by atoms with Crippen LogP contribution < -0.4 is 5.32 Å². The van der Waals surface area contributed by atoms with Gasteiger partial charge in [-0.1, -0.05) is 24.3 Å². The maximum Gasteiger partial charge on any atom is 0.338 e. The minimum atomic E-state index is -0.393. The van der Waals surface area contributed by atoms with Gasteiger partial charge in [0, 0.05) is 28.8 Å². The van der Waals surface area contributed by atoms with Crippen molar-refractivity contribution in [3.8, 4) is 0 Å². The van der Waals surface area contributed by atoms with Crippen LogP contribution in [0.3, 0.4) is 0 Å². The van der Waals surface area contributed by atoms with Gasteiger partial charge in [-0.25, -0.2) is 9.59 Å². The van der Waals surface area contributed by atoms with Gasteiger partial charge in [-0.05, 0) is 49.6 Å². The number of aromatic amines is 1. The predicted octanol–water partition coefficient (Wildman–Crippen LogP) is 4.32. The van der Waals surface area contributed by atoms with Crippen molar-refractivity contribution in [1.82, 2.24) is 9.88 Å². The number of carbonyl (C=O) groups excluding carboxylic acids is 2. The minimum absolute atomic E-state index is 0.174. The van der Waals surface area contributed by atoms with Crippen LogP contribution in [0.5, 0.6) is 0 Å². The summed E-state index contributed by atoms with van der Waals surface area (Å²) in [7, 11) is 0. The van der Waals surface area contributed by atoms with Gasteiger partial charge < -0.3 is 19.9 Å². The minimum Gasteiger partial charge on any atom is -0.462 e. The van der Waals surface area contributed by atoms with Crippen LogP contribution >= 0.6 is 0 Å². The summed E-state index contributed by atoms with van der Waals surface area (Å²) in [6.45, 7) is 3.30. The first-order valence-corrected chi connectivity index (χ1v) is 9.57. The zero-order valence-corrected chi connectivity index (χ0v) is 15.8. The fourth-order valence-corrected chi connectivity index (χ4v) is 3.71. The molecule has 0 aliphatic carbocycles. The maximum atomic E-state index is 12.8. The number of anilines is 1. The summed E-state index contributed by atoms with van der Waals surface area (Å²) < 4.78 is 5.02. The number of fused-ring (bicyclic) bond motifs is 3. The molecule has 0 radical (unpaired) electrons. The first kappa shape index (κ1) is 18.1. The highest BCUT2D eigenvalue weighted by Gasteiger charge is 2.22. The topological polar surface area (TPSA) is 74.4 Å². The molecule has 2 amide bonds. The molecular weight excluding hydrogens is 354 g/mol. The lowest BCUT2D eigenvalue weighted by Crippen LogP contribution is -2.34. The van der Waals surface area contributed by atoms with Crippen molar-refractivity contribution < 1.29 is 14.3 Å². The summed E-state index contributed by atoms with van der Waals surface area (Å²) in [4.78, 5) is 30.0. The molecule has 0 fully saturated rings. The highest BCUT2D eigenvalue weighted by atomic mass is 16.5. The Morgan fingerprint density at radius 2 is 2.04 bits per heavy atom. The smallest absolute Gasteiger partial charge is 0.338 e. The van der Waals surface area contributed by atoms with Gasteiger partial charge in [-0.3, -0.25) is 0 Å². The fraction of sp³-hybridized carbons (Fsp3) is 0.273. The number of esters is 1. The van der Waals surface area contributed by atoms with Crippen LogP contribution in [0, 0.1) is 0 Å². The van der Waals surface area contributed by atoms with Gasteiger partial charge in [-0.2, -0.15) is 0 Å². The van der Waals surface area contributed by atoms with Crippen molar-refractivity contribution in [2.75, 3.05) is 18.5 Å². The molecule has 4 rings (SSSR count). The first-order chi connectivity index (χ1) is 13.7. The van der Waals surface area contributed by atoms with Crippen molar-refractivity contribution in [2.24, 2.45) is 0 Å². The average molecular weight is 377 g/mol. The van der Waals surface area contributed by atoms with Crippen LogP contribution in [-0.2, 0) is 17.7 Å². The lowest BCUT2D eigenvalue weighted by atomic mass is 10.1. The van der Waals surface area contributed by atoms with Gasteiger partial charge >= 0.3 is 12.0 Å². The van der Waals surface area contributed by atoms with Gasteiger partial charge in [0.15, 0.2) is 0 Å². The van der Waals surface area contributed by atoms with E-state index in [1.165, 1.54) is 10.9 Å². The second-order valence-electron chi connectivity index (χ2n) is 6.88. The molecule has 0 saturated carbocycles. The van der Waals surface area contributed by atoms with Crippen LogP contribution in [0.4, 0.5) is 10.5 Å². The molecule has 6 heteroatoms. The van der Waals surface area contributed by atoms with Crippen LogP contribution in [0.2, 0.25) is 0 Å². The number of benzene rings is 2. The Bertz CT molecular complexity index is 1020. The zero-order chi connectivity index (χ0) is 19.5. The summed E-state index contributed by atoms with van der Waals surface area (Å²) in [5.74, 6) is -0.393. The largest absolute Gasteiger partial charge is 0.462 e. The second-order valence-corrected chi connectivity index (χ2v) is 6.88. The van der Waals surface area contributed by atoms with Gasteiger partial charge in [0.2, 0.25) is 0 Å². The highest BCUT2D eigenvalue weighted by Crippen LogP contribution is 2.27. The van der Waals surface area contributed by atoms with E-state index in [1.807, 2.05) is 12.1 Å². The number of nitrogens with zero attached hydrogens (tertiary/aromatic N) is 1. The predicted molar refractivity (Wildman–Crippen MR) is 108 cm³/mol. The SMILES string of the molecule is CCOC(=O)c1cccc(NC(=O)N2CCCc3c([nH]c4ccccc34)C2)c1. The molecule has 0 spiro atoms. The molecule has 6 nitrogen and oxygen atoms in total. The number of urea groups is 1. The molecule has 0 atom stereocenters. The van der Waals surface area contributed by atoms with Crippen molar-refractivity contribution >= 4 is 28.6 Å². The molecule has 1 aromatic heterocycles. The first-order valence-electron chi connectivity index (χ1n) is 9.57. The van der Waals surface area contributed by atoms with Crippen molar-refractivity contribution in [3.05, 3.63) is 65.4 Å². The number of para-hydroxylation sites is 1. The van der Waals surface area contributed by atoms with Gasteiger partial charge in [0.1, 0.15) is 0 Å². The number of aromatic nitrogens is 1. The summed E-state index contributed by atoms with van der Waals surface area (Å²) in [6.07, 6.45) is 1.85. The van der Waals surface area contributed by atoms with Crippen molar-refractivity contribution in [2.45, 2.75) is 26.3 Å². The van der Waals surface area contributed by atoms with Gasteiger partial charge in [0.25, 0.3) is 0 Å². The molecule has 2 heterocycles. The Labute approximate surface area is 163 Å². The van der Waals surface area contributed by atoms with Crippen LogP contribution in [0.25, 0.3) is 10.9 Å². The molecule has 1 aliphatic heterocycles. The van der Waals surface area contributed by atoms with E-state index >= 15 is 0 Å². The lowest BCUT2D eigenvalue weighted by molar-refractivity contribution is 0.0526. The average Bonchev–Trinajstić information content (AvgIpc) is 2.91. The van der Waals surface area contributed by atoms with Crippen molar-refractivity contribution in [1.29, 1.82) is 0 Å². The maximum absolute atomic E-state index is 12.8. The Balaban J connectivity index is 1.51. The number of H-pyrrole nitrogens is 1. The Kier molecular flexibility index (Phi) is 5.02. The zero-order valence-electron chi connectivity index (χ0n) is 15.8. The normalized spacial score (nSPS) is 13.7. The molecule has 2 aromatic carbocycles. The number of rotatable bonds is 3. The summed E-state index contributed by atoms with van der Waals surface area (Å²) in [5, 5.41) is 4.14. The van der Waals surface area contributed by atoms with E-state index in [-0.39, 0.29) is 6.03 Å². The van der Waals surface area contributed by atoms with Crippen LogP contribution in [0.15, 0.2) is 48.5 Å². The van der Waals surface area contributed by atoms with E-state index in [1.54, 1.807) is 36.1 Å². The molecule has 1 aliphatic rings. The van der Waals surface area contributed by atoms with Gasteiger partial charge in [0.05, 0.1) is 18.7 Å². The highest BCUT2D eigenvalue weighted by molar-refractivity contribution is 5.94. The standard InChI is InChI=1S/C22H23N3O3/c1-2-28-21(26)15-7-5-8-16(13-15)23-22(27)25-12-6-10-18-17-9-3-4-11-19(17)24-20(18)14-25/h3-5,7-9,11,13,24H,2,6,10,12,14H2,1H3,(H,23,27).